The fourth-order valence-corrected chi connectivity index (χ4v) is 1.65. The van der Waals surface area contributed by atoms with Crippen molar-refractivity contribution in [3.05, 3.63) is 29.8 Å². The zero-order valence-corrected chi connectivity index (χ0v) is 13.4. The van der Waals surface area contributed by atoms with Crippen LogP contribution in [0, 0.1) is 5.92 Å². The molecule has 0 saturated carbocycles. The van der Waals surface area contributed by atoms with Gasteiger partial charge in [0, 0.05) is 5.71 Å². The molecule has 0 fully saturated rings. The Bertz CT molecular complexity index is 538. The molecule has 22 heavy (non-hydrogen) atoms. The first-order valence-electron chi connectivity index (χ1n) is 7.10. The summed E-state index contributed by atoms with van der Waals surface area (Å²) in [6, 6.07) is 7.21. The van der Waals surface area contributed by atoms with Crippen LogP contribution in [0.1, 0.15) is 26.3 Å². The quantitative estimate of drug-likeness (QED) is 0.474. The molecular formula is C16H22N2O4. The van der Waals surface area contributed by atoms with E-state index in [-0.39, 0.29) is 18.3 Å². The van der Waals surface area contributed by atoms with Gasteiger partial charge in [0.05, 0.1) is 26.1 Å². The van der Waals surface area contributed by atoms with Crippen molar-refractivity contribution in [2.24, 2.45) is 11.0 Å². The van der Waals surface area contributed by atoms with Gasteiger partial charge in [0.15, 0.2) is 0 Å². The Morgan fingerprint density at radius 1 is 1.27 bits per heavy atom. The average molecular weight is 306 g/mol. The maximum Gasteiger partial charge on any atom is 0.314 e. The van der Waals surface area contributed by atoms with Crippen LogP contribution in [-0.2, 0) is 20.7 Å². The van der Waals surface area contributed by atoms with Gasteiger partial charge < -0.3 is 9.47 Å². The molecule has 6 heteroatoms. The van der Waals surface area contributed by atoms with Gasteiger partial charge in [-0.3, -0.25) is 9.59 Å². The first kappa shape index (κ1) is 17.7. The Morgan fingerprint density at radius 3 is 2.45 bits per heavy atom. The van der Waals surface area contributed by atoms with Crippen LogP contribution in [0.2, 0.25) is 0 Å². The molecule has 1 aromatic carbocycles. The zero-order valence-electron chi connectivity index (χ0n) is 13.4. The van der Waals surface area contributed by atoms with Gasteiger partial charge >= 0.3 is 5.97 Å². The van der Waals surface area contributed by atoms with Crippen LogP contribution in [0.5, 0.6) is 5.75 Å². The molecule has 120 valence electrons. The lowest BCUT2D eigenvalue weighted by molar-refractivity contribution is -0.145. The van der Waals surface area contributed by atoms with E-state index in [1.54, 1.807) is 40.0 Å². The van der Waals surface area contributed by atoms with E-state index in [0.29, 0.717) is 12.3 Å². The first-order chi connectivity index (χ1) is 10.5. The Balaban J connectivity index is 2.53. The second-order valence-electron chi connectivity index (χ2n) is 4.79. The number of methoxy groups -OCH3 is 1. The van der Waals surface area contributed by atoms with E-state index in [4.69, 9.17) is 9.47 Å². The highest BCUT2D eigenvalue weighted by Crippen LogP contribution is 2.11. The smallest absolute Gasteiger partial charge is 0.314 e. The molecule has 1 rings (SSSR count). The van der Waals surface area contributed by atoms with Crippen molar-refractivity contribution in [3.63, 3.8) is 0 Å². The lowest BCUT2D eigenvalue weighted by Crippen LogP contribution is -2.26. The third-order valence-electron chi connectivity index (χ3n) is 3.15. The molecule has 1 N–H and O–H groups in total. The fourth-order valence-electron chi connectivity index (χ4n) is 1.65. The second kappa shape index (κ2) is 8.81. The van der Waals surface area contributed by atoms with E-state index >= 15 is 0 Å². The number of benzene rings is 1. The molecule has 0 radical (unpaired) electrons. The summed E-state index contributed by atoms with van der Waals surface area (Å²) in [5, 5.41) is 3.95. The van der Waals surface area contributed by atoms with Crippen LogP contribution in [0.15, 0.2) is 29.4 Å². The van der Waals surface area contributed by atoms with Crippen LogP contribution < -0.4 is 10.2 Å². The standard InChI is InChI=1S/C16H22N2O4/c1-5-22-16(20)11(2)12(3)17-18-15(19)10-13-6-8-14(21-4)9-7-13/h6-9,11H,5,10H2,1-4H3,(H,18,19)/b17-12-. The number of carbonyl (C=O) groups is 2. The van der Waals surface area contributed by atoms with Gasteiger partial charge in [-0.05, 0) is 38.5 Å². The minimum atomic E-state index is -0.485. The van der Waals surface area contributed by atoms with Gasteiger partial charge in [0.2, 0.25) is 5.91 Å². The summed E-state index contributed by atoms with van der Waals surface area (Å²) in [7, 11) is 1.59. The number of hydrogen-bond donors (Lipinski definition) is 1. The summed E-state index contributed by atoms with van der Waals surface area (Å²) in [5.74, 6) is -0.351. The molecule has 1 unspecified atom stereocenters. The lowest BCUT2D eigenvalue weighted by Gasteiger charge is -2.10. The molecule has 1 atom stereocenters. The Labute approximate surface area is 130 Å². The second-order valence-corrected chi connectivity index (χ2v) is 4.79. The molecular weight excluding hydrogens is 284 g/mol. The SMILES string of the molecule is CCOC(=O)C(C)/C(C)=N\NC(=O)Cc1ccc(OC)cc1. The predicted octanol–water partition coefficient (Wildman–Crippen LogP) is 1.93. The minimum absolute atomic E-state index is 0.203. The summed E-state index contributed by atoms with van der Waals surface area (Å²) < 4.78 is 9.96. The molecule has 0 aliphatic rings. The highest BCUT2D eigenvalue weighted by Gasteiger charge is 2.17. The van der Waals surface area contributed by atoms with Crippen LogP contribution in [0.25, 0.3) is 0 Å². The Morgan fingerprint density at radius 2 is 1.91 bits per heavy atom. The minimum Gasteiger partial charge on any atom is -0.497 e. The molecule has 0 aromatic heterocycles. The summed E-state index contributed by atoms with van der Waals surface area (Å²) in [6.45, 7) is 5.43. The number of hydrogen-bond acceptors (Lipinski definition) is 5. The number of amides is 1. The number of rotatable bonds is 7. The topological polar surface area (TPSA) is 77.0 Å². The number of hydrazone groups is 1. The summed E-state index contributed by atoms with van der Waals surface area (Å²) in [5.41, 5.74) is 3.80. The molecule has 0 aliphatic heterocycles. The van der Waals surface area contributed by atoms with Gasteiger partial charge in [-0.1, -0.05) is 12.1 Å². The van der Waals surface area contributed by atoms with Gasteiger partial charge in [0.25, 0.3) is 0 Å². The third-order valence-corrected chi connectivity index (χ3v) is 3.15. The highest BCUT2D eigenvalue weighted by atomic mass is 16.5. The molecule has 0 saturated heterocycles. The van der Waals surface area contributed by atoms with E-state index in [0.717, 1.165) is 11.3 Å². The van der Waals surface area contributed by atoms with E-state index < -0.39 is 5.92 Å². The maximum atomic E-state index is 11.8. The number of nitrogens with one attached hydrogen (secondary N) is 1. The lowest BCUT2D eigenvalue weighted by atomic mass is 10.1. The van der Waals surface area contributed by atoms with Crippen molar-refractivity contribution < 1.29 is 19.1 Å². The molecule has 0 bridgehead atoms. The van der Waals surface area contributed by atoms with Gasteiger partial charge in [-0.2, -0.15) is 5.10 Å². The van der Waals surface area contributed by atoms with Crippen LogP contribution in [0.4, 0.5) is 0 Å². The summed E-state index contributed by atoms with van der Waals surface area (Å²) in [6.07, 6.45) is 0.203. The highest BCUT2D eigenvalue weighted by molar-refractivity contribution is 6.00. The molecule has 0 heterocycles. The van der Waals surface area contributed by atoms with Crippen molar-refractivity contribution in [3.8, 4) is 5.75 Å². The van der Waals surface area contributed by atoms with E-state index in [1.165, 1.54) is 0 Å². The number of ether oxygens (including phenoxy) is 2. The van der Waals surface area contributed by atoms with E-state index in [2.05, 4.69) is 10.5 Å². The van der Waals surface area contributed by atoms with Crippen molar-refractivity contribution >= 4 is 17.6 Å². The Kier molecular flexibility index (Phi) is 7.08. The van der Waals surface area contributed by atoms with Crippen molar-refractivity contribution in [2.45, 2.75) is 27.2 Å². The van der Waals surface area contributed by atoms with Crippen molar-refractivity contribution in [2.75, 3.05) is 13.7 Å². The summed E-state index contributed by atoms with van der Waals surface area (Å²) in [4.78, 5) is 23.4. The van der Waals surface area contributed by atoms with E-state index in [1.807, 2.05) is 12.1 Å². The van der Waals surface area contributed by atoms with Crippen molar-refractivity contribution in [1.82, 2.24) is 5.43 Å². The monoisotopic (exact) mass is 306 g/mol. The average Bonchev–Trinajstić information content (AvgIpc) is 2.52. The summed E-state index contributed by atoms with van der Waals surface area (Å²) >= 11 is 0. The largest absolute Gasteiger partial charge is 0.497 e. The fraction of sp³-hybridized carbons (Fsp3) is 0.438. The molecule has 1 aromatic rings. The Hall–Kier alpha value is -2.37. The maximum absolute atomic E-state index is 11.8. The zero-order chi connectivity index (χ0) is 16.5. The van der Waals surface area contributed by atoms with Gasteiger partial charge in [0.1, 0.15) is 5.75 Å². The molecule has 0 aliphatic carbocycles. The van der Waals surface area contributed by atoms with Crippen LogP contribution in [0.3, 0.4) is 0 Å². The molecule has 0 spiro atoms. The van der Waals surface area contributed by atoms with Crippen LogP contribution in [-0.4, -0.2) is 31.3 Å². The number of carbonyl (C=O) groups excluding carboxylic acids is 2. The molecule has 6 nitrogen and oxygen atoms in total. The first-order valence-corrected chi connectivity index (χ1v) is 7.10. The van der Waals surface area contributed by atoms with Gasteiger partial charge in [-0.15, -0.1) is 0 Å². The predicted molar refractivity (Wildman–Crippen MR) is 83.7 cm³/mol. The molecule has 1 amide bonds. The third kappa shape index (κ3) is 5.55. The van der Waals surface area contributed by atoms with Crippen molar-refractivity contribution in [1.29, 1.82) is 0 Å². The van der Waals surface area contributed by atoms with E-state index in [9.17, 15) is 9.59 Å². The van der Waals surface area contributed by atoms with Crippen LogP contribution >= 0.6 is 0 Å². The van der Waals surface area contributed by atoms with Gasteiger partial charge in [-0.25, -0.2) is 5.43 Å². The normalized spacial score (nSPS) is 12.5. The number of nitrogens with zero attached hydrogens (tertiary/aromatic N) is 1. The number of esters is 1.